The molecule has 0 bridgehead atoms. The fraction of sp³-hybridized carbons (Fsp3) is 1.00. The van der Waals surface area contributed by atoms with E-state index in [1.165, 1.54) is 0 Å². The van der Waals surface area contributed by atoms with Crippen molar-refractivity contribution in [3.8, 4) is 0 Å². The normalized spacial score (nSPS) is 19.8. The molecular weight excluding hydrogens is 156 g/mol. The van der Waals surface area contributed by atoms with E-state index < -0.39 is 0 Å². The van der Waals surface area contributed by atoms with Gasteiger partial charge < -0.3 is 14.6 Å². The number of hydrogen-bond donors (Lipinski definition) is 1. The van der Waals surface area contributed by atoms with Crippen molar-refractivity contribution in [3.63, 3.8) is 0 Å². The van der Waals surface area contributed by atoms with Crippen molar-refractivity contribution < 1.29 is 14.6 Å². The van der Waals surface area contributed by atoms with Gasteiger partial charge in [0.15, 0.2) is 0 Å². The molecule has 1 fully saturated rings. The van der Waals surface area contributed by atoms with Crippen LogP contribution in [0.1, 0.15) is 26.7 Å². The van der Waals surface area contributed by atoms with Crippen LogP contribution in [0.4, 0.5) is 0 Å². The van der Waals surface area contributed by atoms with E-state index in [4.69, 9.17) is 14.6 Å². The van der Waals surface area contributed by atoms with Crippen molar-refractivity contribution in [1.82, 2.24) is 0 Å². The molecule has 0 saturated carbocycles. The van der Waals surface area contributed by atoms with Crippen LogP contribution in [0.3, 0.4) is 0 Å². The molecule has 3 heteroatoms. The molecule has 1 rings (SSSR count). The molecule has 1 atom stereocenters. The Morgan fingerprint density at radius 3 is 2.33 bits per heavy atom. The molecule has 0 amide bonds. The Kier molecular flexibility index (Phi) is 8.88. The van der Waals surface area contributed by atoms with Gasteiger partial charge in [-0.1, -0.05) is 13.8 Å². The molecule has 74 valence electrons. The van der Waals surface area contributed by atoms with Gasteiger partial charge in [0.2, 0.25) is 0 Å². The first-order valence-corrected chi connectivity index (χ1v) is 4.65. The van der Waals surface area contributed by atoms with Crippen LogP contribution in [0.15, 0.2) is 0 Å². The number of rotatable bonds is 5. The van der Waals surface area contributed by atoms with Crippen LogP contribution in [-0.4, -0.2) is 37.6 Å². The topological polar surface area (TPSA) is 42.0 Å². The monoisotopic (exact) mass is 176 g/mol. The molecule has 1 saturated heterocycles. The van der Waals surface area contributed by atoms with E-state index in [0.29, 0.717) is 12.7 Å². The Morgan fingerprint density at radius 1 is 1.42 bits per heavy atom. The summed E-state index contributed by atoms with van der Waals surface area (Å²) >= 11 is 0. The highest BCUT2D eigenvalue weighted by atomic mass is 16.6. The van der Waals surface area contributed by atoms with Crippen LogP contribution in [0.2, 0.25) is 0 Å². The summed E-state index contributed by atoms with van der Waals surface area (Å²) in [6, 6.07) is 0. The summed E-state index contributed by atoms with van der Waals surface area (Å²) in [6.07, 6.45) is 2.41. The highest BCUT2D eigenvalue weighted by Gasteiger charge is 2.21. The molecule has 12 heavy (non-hydrogen) atoms. The van der Waals surface area contributed by atoms with Crippen LogP contribution in [0.25, 0.3) is 0 Å². The van der Waals surface area contributed by atoms with Crippen LogP contribution in [0, 0.1) is 0 Å². The van der Waals surface area contributed by atoms with Gasteiger partial charge in [0, 0.05) is 13.2 Å². The zero-order chi connectivity index (χ0) is 9.23. The fourth-order valence-corrected chi connectivity index (χ4v) is 0.523. The van der Waals surface area contributed by atoms with E-state index in [2.05, 4.69) is 6.92 Å². The van der Waals surface area contributed by atoms with Gasteiger partial charge in [-0.05, 0) is 12.8 Å². The van der Waals surface area contributed by atoms with Crippen molar-refractivity contribution >= 4 is 0 Å². The molecule has 1 unspecified atom stereocenters. The lowest BCUT2D eigenvalue weighted by Crippen LogP contribution is -2.01. The first kappa shape index (κ1) is 11.9. The second-order valence-corrected chi connectivity index (χ2v) is 2.75. The maximum atomic E-state index is 7.88. The van der Waals surface area contributed by atoms with Gasteiger partial charge in [-0.2, -0.15) is 0 Å². The molecule has 0 aromatic rings. The van der Waals surface area contributed by atoms with Crippen LogP contribution >= 0.6 is 0 Å². The number of aliphatic hydroxyl groups is 1. The Morgan fingerprint density at radius 2 is 2.00 bits per heavy atom. The average molecular weight is 176 g/mol. The van der Waals surface area contributed by atoms with E-state index in [1.54, 1.807) is 0 Å². The standard InChI is InChI=1S/C6H12O2.C3H8O/c1-2-3-7-4-6-5-8-6;1-2-3-4/h6H,2-5H2,1H3;4H,2-3H2,1H3. The quantitative estimate of drug-likeness (QED) is 0.505. The van der Waals surface area contributed by atoms with Crippen molar-refractivity contribution in [3.05, 3.63) is 0 Å². The summed E-state index contributed by atoms with van der Waals surface area (Å²) in [4.78, 5) is 0. The lowest BCUT2D eigenvalue weighted by atomic mass is 10.5. The highest BCUT2D eigenvalue weighted by Crippen LogP contribution is 2.08. The molecule has 0 spiro atoms. The van der Waals surface area contributed by atoms with Gasteiger partial charge >= 0.3 is 0 Å². The molecule has 1 N–H and O–H groups in total. The molecular formula is C9H20O3. The second kappa shape index (κ2) is 8.97. The maximum absolute atomic E-state index is 7.88. The maximum Gasteiger partial charge on any atom is 0.104 e. The smallest absolute Gasteiger partial charge is 0.104 e. The van der Waals surface area contributed by atoms with E-state index in [9.17, 15) is 0 Å². The van der Waals surface area contributed by atoms with Gasteiger partial charge in [-0.3, -0.25) is 0 Å². The van der Waals surface area contributed by atoms with Crippen LogP contribution in [-0.2, 0) is 9.47 Å². The second-order valence-electron chi connectivity index (χ2n) is 2.75. The largest absolute Gasteiger partial charge is 0.396 e. The molecule has 0 radical (unpaired) electrons. The number of aliphatic hydroxyl groups excluding tert-OH is 1. The third kappa shape index (κ3) is 9.88. The third-order valence-electron chi connectivity index (χ3n) is 1.28. The third-order valence-corrected chi connectivity index (χ3v) is 1.28. The van der Waals surface area contributed by atoms with E-state index in [0.717, 1.165) is 32.7 Å². The SMILES string of the molecule is CCCO.CCCOCC1CO1. The summed E-state index contributed by atoms with van der Waals surface area (Å²) in [5.74, 6) is 0. The number of ether oxygens (including phenoxy) is 2. The lowest BCUT2D eigenvalue weighted by Gasteiger charge is -1.95. The predicted molar refractivity (Wildman–Crippen MR) is 48.2 cm³/mol. The molecule has 0 aromatic heterocycles. The number of hydrogen-bond acceptors (Lipinski definition) is 3. The van der Waals surface area contributed by atoms with E-state index in [-0.39, 0.29) is 0 Å². The van der Waals surface area contributed by atoms with E-state index >= 15 is 0 Å². The molecule has 3 nitrogen and oxygen atoms in total. The molecule has 1 heterocycles. The van der Waals surface area contributed by atoms with Crippen molar-refractivity contribution in [2.45, 2.75) is 32.8 Å². The zero-order valence-corrected chi connectivity index (χ0v) is 8.08. The predicted octanol–water partition coefficient (Wildman–Crippen LogP) is 1.20. The van der Waals surface area contributed by atoms with Gasteiger partial charge in [0.05, 0.1) is 13.2 Å². The summed E-state index contributed by atoms with van der Waals surface area (Å²) < 4.78 is 10.1. The zero-order valence-electron chi connectivity index (χ0n) is 8.08. The molecule has 1 aliphatic rings. The Bertz CT molecular complexity index is 79.8. The minimum absolute atomic E-state index is 0.319. The highest BCUT2D eigenvalue weighted by molar-refractivity contribution is 4.66. The first-order chi connectivity index (χ1) is 5.85. The Labute approximate surface area is 74.7 Å². The molecule has 0 aromatic carbocycles. The number of epoxide rings is 1. The van der Waals surface area contributed by atoms with Crippen LogP contribution < -0.4 is 0 Å². The van der Waals surface area contributed by atoms with Crippen LogP contribution in [0.5, 0.6) is 0 Å². The van der Waals surface area contributed by atoms with Crippen molar-refractivity contribution in [2.24, 2.45) is 0 Å². The van der Waals surface area contributed by atoms with Crippen molar-refractivity contribution in [1.29, 1.82) is 0 Å². The minimum atomic E-state index is 0.319. The first-order valence-electron chi connectivity index (χ1n) is 4.65. The summed E-state index contributed by atoms with van der Waals surface area (Å²) in [5, 5.41) is 7.88. The average Bonchev–Trinajstić information content (AvgIpc) is 2.89. The van der Waals surface area contributed by atoms with Gasteiger partial charge in [-0.25, -0.2) is 0 Å². The summed E-state index contributed by atoms with van der Waals surface area (Å²) in [5.41, 5.74) is 0. The van der Waals surface area contributed by atoms with Gasteiger partial charge in [0.25, 0.3) is 0 Å². The fourth-order valence-electron chi connectivity index (χ4n) is 0.523. The van der Waals surface area contributed by atoms with Gasteiger partial charge in [-0.15, -0.1) is 0 Å². The molecule has 0 aliphatic carbocycles. The minimum Gasteiger partial charge on any atom is -0.396 e. The lowest BCUT2D eigenvalue weighted by molar-refractivity contribution is 0.117. The van der Waals surface area contributed by atoms with Gasteiger partial charge in [0.1, 0.15) is 6.10 Å². The Hall–Kier alpha value is -0.120. The Balaban J connectivity index is 0.000000261. The molecule has 1 aliphatic heterocycles. The van der Waals surface area contributed by atoms with Crippen molar-refractivity contribution in [2.75, 3.05) is 26.4 Å². The van der Waals surface area contributed by atoms with E-state index in [1.807, 2.05) is 6.92 Å². The summed E-state index contributed by atoms with van der Waals surface area (Å²) in [7, 11) is 0. The summed E-state index contributed by atoms with van der Waals surface area (Å²) in [6.45, 7) is 6.94.